The summed E-state index contributed by atoms with van der Waals surface area (Å²) in [6.07, 6.45) is 3.45. The average Bonchev–Trinajstić information content (AvgIpc) is 3.14. The molecule has 1 aromatic heterocycles. The summed E-state index contributed by atoms with van der Waals surface area (Å²) >= 11 is 1.91. The van der Waals surface area contributed by atoms with Crippen molar-refractivity contribution >= 4 is 11.3 Å². The van der Waals surface area contributed by atoms with Crippen LogP contribution in [-0.4, -0.2) is 0 Å². The Hall–Kier alpha value is -2.06. The molecule has 0 aliphatic heterocycles. The smallest absolute Gasteiger partial charge is 0.127 e. The lowest BCUT2D eigenvalue weighted by atomic mass is 9.84. The van der Waals surface area contributed by atoms with E-state index in [-0.39, 0.29) is 5.41 Å². The third-order valence-electron chi connectivity index (χ3n) is 5.10. The zero-order valence-corrected chi connectivity index (χ0v) is 17.7. The SMILES string of the molecule is CC(C)c1csc(C(C)(C)CCCc2cccc(Oc3ccccc3)c2)c1. The van der Waals surface area contributed by atoms with Crippen LogP contribution in [0.2, 0.25) is 0 Å². The molecule has 1 heterocycles. The highest BCUT2D eigenvalue weighted by Crippen LogP contribution is 2.35. The van der Waals surface area contributed by atoms with Gasteiger partial charge >= 0.3 is 0 Å². The number of ether oxygens (including phenoxy) is 1. The first-order valence-corrected chi connectivity index (χ1v) is 10.7. The summed E-state index contributed by atoms with van der Waals surface area (Å²) in [5, 5.41) is 2.33. The van der Waals surface area contributed by atoms with E-state index in [2.05, 4.69) is 57.3 Å². The summed E-state index contributed by atoms with van der Waals surface area (Å²) in [6.45, 7) is 9.28. The summed E-state index contributed by atoms with van der Waals surface area (Å²) in [5.74, 6) is 2.41. The maximum atomic E-state index is 5.96. The monoisotopic (exact) mass is 378 g/mol. The number of benzene rings is 2. The van der Waals surface area contributed by atoms with Gasteiger partial charge in [0.1, 0.15) is 11.5 Å². The van der Waals surface area contributed by atoms with E-state index in [4.69, 9.17) is 4.74 Å². The van der Waals surface area contributed by atoms with Crippen molar-refractivity contribution in [2.75, 3.05) is 0 Å². The molecule has 142 valence electrons. The van der Waals surface area contributed by atoms with Gasteiger partial charge in [-0.25, -0.2) is 0 Å². The van der Waals surface area contributed by atoms with E-state index in [1.165, 1.54) is 28.8 Å². The van der Waals surface area contributed by atoms with E-state index >= 15 is 0 Å². The number of thiophene rings is 1. The number of aryl methyl sites for hydroxylation is 1. The quantitative estimate of drug-likeness (QED) is 0.386. The molecule has 1 nitrogen and oxygen atoms in total. The summed E-state index contributed by atoms with van der Waals surface area (Å²) < 4.78 is 5.96. The minimum Gasteiger partial charge on any atom is -0.457 e. The predicted molar refractivity (Wildman–Crippen MR) is 117 cm³/mol. The van der Waals surface area contributed by atoms with Crippen LogP contribution in [0.25, 0.3) is 0 Å². The third kappa shape index (κ3) is 5.46. The molecule has 27 heavy (non-hydrogen) atoms. The molecule has 0 amide bonds. The van der Waals surface area contributed by atoms with Crippen molar-refractivity contribution in [3.05, 3.63) is 82.0 Å². The van der Waals surface area contributed by atoms with Gasteiger partial charge in [-0.2, -0.15) is 0 Å². The zero-order chi connectivity index (χ0) is 19.3. The number of hydrogen-bond donors (Lipinski definition) is 0. The van der Waals surface area contributed by atoms with Crippen LogP contribution in [0.4, 0.5) is 0 Å². The van der Waals surface area contributed by atoms with Crippen LogP contribution in [0.15, 0.2) is 66.0 Å². The molecule has 0 aliphatic carbocycles. The van der Waals surface area contributed by atoms with Gasteiger partial charge in [-0.1, -0.05) is 58.0 Å². The molecule has 0 saturated carbocycles. The summed E-state index contributed by atoms with van der Waals surface area (Å²) in [4.78, 5) is 1.51. The van der Waals surface area contributed by atoms with Gasteiger partial charge in [0, 0.05) is 4.88 Å². The van der Waals surface area contributed by atoms with Crippen molar-refractivity contribution in [2.45, 2.75) is 58.3 Å². The summed E-state index contributed by atoms with van der Waals surface area (Å²) in [7, 11) is 0. The second kappa shape index (κ2) is 8.75. The maximum Gasteiger partial charge on any atom is 0.127 e. The topological polar surface area (TPSA) is 9.23 Å². The normalized spacial score (nSPS) is 11.7. The molecular weight excluding hydrogens is 348 g/mol. The molecule has 0 saturated heterocycles. The highest BCUT2D eigenvalue weighted by molar-refractivity contribution is 7.10. The van der Waals surface area contributed by atoms with Crippen LogP contribution in [0, 0.1) is 0 Å². The molecule has 0 atom stereocenters. The standard InChI is InChI=1S/C25H30OS/c1-19(2)21-17-24(27-18-21)25(3,4)15-9-11-20-10-8-14-23(16-20)26-22-12-6-5-7-13-22/h5-8,10,12-14,16-19H,9,11,15H2,1-4H3. The van der Waals surface area contributed by atoms with Crippen LogP contribution in [0.1, 0.15) is 62.5 Å². The zero-order valence-electron chi connectivity index (χ0n) is 16.9. The maximum absolute atomic E-state index is 5.96. The highest BCUT2D eigenvalue weighted by atomic mass is 32.1. The molecule has 0 spiro atoms. The van der Waals surface area contributed by atoms with Gasteiger partial charge in [0.05, 0.1) is 0 Å². The van der Waals surface area contributed by atoms with Crippen LogP contribution in [-0.2, 0) is 11.8 Å². The first-order valence-electron chi connectivity index (χ1n) is 9.85. The van der Waals surface area contributed by atoms with Crippen LogP contribution >= 0.6 is 11.3 Å². The molecular formula is C25H30OS. The largest absolute Gasteiger partial charge is 0.457 e. The Balaban J connectivity index is 1.57. The minimum absolute atomic E-state index is 0.232. The van der Waals surface area contributed by atoms with Gasteiger partial charge in [0.25, 0.3) is 0 Å². The van der Waals surface area contributed by atoms with Crippen molar-refractivity contribution < 1.29 is 4.74 Å². The highest BCUT2D eigenvalue weighted by Gasteiger charge is 2.22. The van der Waals surface area contributed by atoms with Gasteiger partial charge in [0.2, 0.25) is 0 Å². The fourth-order valence-corrected chi connectivity index (χ4v) is 4.48. The molecule has 0 bridgehead atoms. The van der Waals surface area contributed by atoms with Crippen molar-refractivity contribution in [3.8, 4) is 11.5 Å². The Morgan fingerprint density at radius 1 is 0.926 bits per heavy atom. The van der Waals surface area contributed by atoms with E-state index in [1.54, 1.807) is 0 Å². The van der Waals surface area contributed by atoms with Crippen molar-refractivity contribution in [2.24, 2.45) is 0 Å². The van der Waals surface area contributed by atoms with E-state index in [0.717, 1.165) is 17.9 Å². The fraction of sp³-hybridized carbons (Fsp3) is 0.360. The number of para-hydroxylation sites is 1. The van der Waals surface area contributed by atoms with Crippen molar-refractivity contribution in [1.29, 1.82) is 0 Å². The first kappa shape index (κ1) is 19.7. The lowest BCUT2D eigenvalue weighted by Gasteiger charge is -2.23. The van der Waals surface area contributed by atoms with Gasteiger partial charge in [-0.05, 0) is 77.4 Å². The second-order valence-electron chi connectivity index (χ2n) is 8.20. The molecule has 0 N–H and O–H groups in total. The van der Waals surface area contributed by atoms with Crippen molar-refractivity contribution in [3.63, 3.8) is 0 Å². The molecule has 0 aliphatic rings. The first-order chi connectivity index (χ1) is 12.9. The lowest BCUT2D eigenvalue weighted by molar-refractivity contribution is 0.467. The van der Waals surface area contributed by atoms with Gasteiger partial charge in [0.15, 0.2) is 0 Å². The third-order valence-corrected chi connectivity index (χ3v) is 6.41. The molecule has 3 aromatic rings. The summed E-state index contributed by atoms with van der Waals surface area (Å²) in [5.41, 5.74) is 3.04. The predicted octanol–water partition coefficient (Wildman–Crippen LogP) is 7.96. The Bertz CT molecular complexity index is 846. The van der Waals surface area contributed by atoms with Gasteiger partial charge in [-0.15, -0.1) is 11.3 Å². The fourth-order valence-electron chi connectivity index (χ4n) is 3.26. The average molecular weight is 379 g/mol. The van der Waals surface area contributed by atoms with Crippen LogP contribution in [0.3, 0.4) is 0 Å². The Labute approximate surface area is 168 Å². The van der Waals surface area contributed by atoms with E-state index < -0.39 is 0 Å². The molecule has 0 unspecified atom stereocenters. The molecule has 0 radical (unpaired) electrons. The van der Waals surface area contributed by atoms with Crippen molar-refractivity contribution in [1.82, 2.24) is 0 Å². The molecule has 2 heteroatoms. The molecule has 2 aromatic carbocycles. The lowest BCUT2D eigenvalue weighted by Crippen LogP contribution is -2.15. The van der Waals surface area contributed by atoms with Gasteiger partial charge < -0.3 is 4.74 Å². The van der Waals surface area contributed by atoms with Crippen LogP contribution in [0.5, 0.6) is 11.5 Å². The second-order valence-corrected chi connectivity index (χ2v) is 9.11. The molecule has 3 rings (SSSR count). The van der Waals surface area contributed by atoms with E-state index in [0.29, 0.717) is 5.92 Å². The number of hydrogen-bond acceptors (Lipinski definition) is 2. The van der Waals surface area contributed by atoms with Crippen LogP contribution < -0.4 is 4.74 Å². The Morgan fingerprint density at radius 3 is 2.37 bits per heavy atom. The van der Waals surface area contributed by atoms with E-state index in [1.807, 2.05) is 47.7 Å². The van der Waals surface area contributed by atoms with E-state index in [9.17, 15) is 0 Å². The Morgan fingerprint density at radius 2 is 1.67 bits per heavy atom. The molecule has 0 fully saturated rings. The number of rotatable bonds is 8. The summed E-state index contributed by atoms with van der Waals surface area (Å²) in [6, 6.07) is 20.9. The Kier molecular flexibility index (Phi) is 6.38. The van der Waals surface area contributed by atoms with Gasteiger partial charge in [-0.3, -0.25) is 0 Å². The minimum atomic E-state index is 0.232.